The van der Waals surface area contributed by atoms with E-state index in [1.165, 1.54) is 5.56 Å². The summed E-state index contributed by atoms with van der Waals surface area (Å²) in [5, 5.41) is 5.97. The van der Waals surface area contributed by atoms with Crippen LogP contribution in [0.25, 0.3) is 0 Å². The molecule has 1 rings (SSSR count). The Bertz CT molecular complexity index is 313. The first-order valence-corrected chi connectivity index (χ1v) is 5.64. The van der Waals surface area contributed by atoms with Crippen LogP contribution < -0.4 is 10.6 Å². The van der Waals surface area contributed by atoms with Crippen LogP contribution in [0.3, 0.4) is 0 Å². The van der Waals surface area contributed by atoms with Gasteiger partial charge < -0.3 is 10.6 Å². The van der Waals surface area contributed by atoms with Crippen molar-refractivity contribution in [3.63, 3.8) is 0 Å². The van der Waals surface area contributed by atoms with E-state index in [1.54, 1.807) is 12.4 Å². The SMILES string of the molecule is CCNC(=O)C(C)NCCc1ccncc1. The first-order valence-electron chi connectivity index (χ1n) is 5.64. The minimum absolute atomic E-state index is 0.0530. The van der Waals surface area contributed by atoms with Gasteiger partial charge in [-0.3, -0.25) is 9.78 Å². The molecule has 0 fully saturated rings. The molecule has 1 aromatic heterocycles. The fourth-order valence-electron chi connectivity index (χ4n) is 1.40. The van der Waals surface area contributed by atoms with Crippen LogP contribution in [0.1, 0.15) is 19.4 Å². The Hall–Kier alpha value is -1.42. The van der Waals surface area contributed by atoms with E-state index in [4.69, 9.17) is 0 Å². The lowest BCUT2D eigenvalue weighted by Gasteiger charge is -2.12. The Balaban J connectivity index is 2.23. The van der Waals surface area contributed by atoms with Crippen LogP contribution in [-0.4, -0.2) is 30.0 Å². The molecule has 0 saturated carbocycles. The number of hydrogen-bond donors (Lipinski definition) is 2. The van der Waals surface area contributed by atoms with Gasteiger partial charge >= 0.3 is 0 Å². The molecule has 0 bridgehead atoms. The largest absolute Gasteiger partial charge is 0.355 e. The lowest BCUT2D eigenvalue weighted by Crippen LogP contribution is -2.42. The highest BCUT2D eigenvalue weighted by molar-refractivity contribution is 5.81. The maximum atomic E-state index is 11.4. The zero-order valence-corrected chi connectivity index (χ0v) is 9.86. The summed E-state index contributed by atoms with van der Waals surface area (Å²) >= 11 is 0. The van der Waals surface area contributed by atoms with Crippen molar-refractivity contribution in [2.24, 2.45) is 0 Å². The van der Waals surface area contributed by atoms with Crippen molar-refractivity contribution in [3.05, 3.63) is 30.1 Å². The van der Waals surface area contributed by atoms with Crippen LogP contribution in [0.2, 0.25) is 0 Å². The van der Waals surface area contributed by atoms with Gasteiger partial charge in [-0.25, -0.2) is 0 Å². The van der Waals surface area contributed by atoms with E-state index in [2.05, 4.69) is 15.6 Å². The standard InChI is InChI=1S/C12H19N3O/c1-3-14-12(16)10(2)15-9-6-11-4-7-13-8-5-11/h4-5,7-8,10,15H,3,6,9H2,1-2H3,(H,14,16). The minimum atomic E-state index is -0.137. The molecule has 1 heterocycles. The Morgan fingerprint density at radius 2 is 2.12 bits per heavy atom. The summed E-state index contributed by atoms with van der Waals surface area (Å²) in [5.74, 6) is 0.0530. The van der Waals surface area contributed by atoms with Crippen LogP contribution in [-0.2, 0) is 11.2 Å². The first-order chi connectivity index (χ1) is 7.74. The van der Waals surface area contributed by atoms with Gasteiger partial charge in [0.15, 0.2) is 0 Å². The number of nitrogens with one attached hydrogen (secondary N) is 2. The van der Waals surface area contributed by atoms with Crippen LogP contribution in [0.4, 0.5) is 0 Å². The van der Waals surface area contributed by atoms with Crippen molar-refractivity contribution in [1.29, 1.82) is 0 Å². The molecular weight excluding hydrogens is 202 g/mol. The van der Waals surface area contributed by atoms with E-state index in [1.807, 2.05) is 26.0 Å². The van der Waals surface area contributed by atoms with Gasteiger partial charge in [-0.2, -0.15) is 0 Å². The maximum absolute atomic E-state index is 11.4. The third-order valence-corrected chi connectivity index (χ3v) is 2.36. The predicted octanol–water partition coefficient (Wildman–Crippen LogP) is 0.738. The lowest BCUT2D eigenvalue weighted by molar-refractivity contribution is -0.122. The molecule has 1 unspecified atom stereocenters. The third kappa shape index (κ3) is 4.40. The minimum Gasteiger partial charge on any atom is -0.355 e. The van der Waals surface area contributed by atoms with Crippen molar-refractivity contribution in [2.75, 3.05) is 13.1 Å². The van der Waals surface area contributed by atoms with Crippen molar-refractivity contribution in [2.45, 2.75) is 26.3 Å². The summed E-state index contributed by atoms with van der Waals surface area (Å²) in [5.41, 5.74) is 1.23. The molecule has 0 radical (unpaired) electrons. The van der Waals surface area contributed by atoms with Crippen molar-refractivity contribution in [1.82, 2.24) is 15.6 Å². The average Bonchev–Trinajstić information content (AvgIpc) is 2.30. The van der Waals surface area contributed by atoms with Gasteiger partial charge in [0.2, 0.25) is 5.91 Å². The molecule has 0 aromatic carbocycles. The van der Waals surface area contributed by atoms with Gasteiger partial charge in [-0.1, -0.05) is 0 Å². The lowest BCUT2D eigenvalue weighted by atomic mass is 10.2. The van der Waals surface area contributed by atoms with Gasteiger partial charge in [-0.15, -0.1) is 0 Å². The summed E-state index contributed by atoms with van der Waals surface area (Å²) in [6.07, 6.45) is 4.47. The molecule has 16 heavy (non-hydrogen) atoms. The number of nitrogens with zero attached hydrogens (tertiary/aromatic N) is 1. The number of likely N-dealkylation sites (N-methyl/N-ethyl adjacent to an activating group) is 1. The van der Waals surface area contributed by atoms with E-state index in [0.29, 0.717) is 6.54 Å². The first kappa shape index (κ1) is 12.6. The van der Waals surface area contributed by atoms with Gasteiger partial charge in [0.1, 0.15) is 0 Å². The van der Waals surface area contributed by atoms with Crippen molar-refractivity contribution >= 4 is 5.91 Å². The van der Waals surface area contributed by atoms with E-state index >= 15 is 0 Å². The Morgan fingerprint density at radius 3 is 2.75 bits per heavy atom. The molecule has 0 aliphatic carbocycles. The second kappa shape index (κ2) is 6.95. The number of carbonyl (C=O) groups is 1. The number of hydrogen-bond acceptors (Lipinski definition) is 3. The number of amides is 1. The molecule has 1 aromatic rings. The monoisotopic (exact) mass is 221 g/mol. The van der Waals surface area contributed by atoms with Crippen LogP contribution in [0.15, 0.2) is 24.5 Å². The molecule has 2 N–H and O–H groups in total. The summed E-state index contributed by atoms with van der Waals surface area (Å²) in [6.45, 7) is 5.26. The molecule has 4 heteroatoms. The van der Waals surface area contributed by atoms with E-state index in [-0.39, 0.29) is 11.9 Å². The zero-order chi connectivity index (χ0) is 11.8. The fraction of sp³-hybridized carbons (Fsp3) is 0.500. The van der Waals surface area contributed by atoms with E-state index < -0.39 is 0 Å². The summed E-state index contributed by atoms with van der Waals surface area (Å²) < 4.78 is 0. The molecule has 1 atom stereocenters. The average molecular weight is 221 g/mol. The summed E-state index contributed by atoms with van der Waals surface area (Å²) in [7, 11) is 0. The van der Waals surface area contributed by atoms with E-state index in [0.717, 1.165) is 13.0 Å². The number of aromatic nitrogens is 1. The van der Waals surface area contributed by atoms with Gasteiger partial charge in [0, 0.05) is 18.9 Å². The molecule has 4 nitrogen and oxygen atoms in total. The second-order valence-electron chi connectivity index (χ2n) is 3.68. The van der Waals surface area contributed by atoms with Gasteiger partial charge in [-0.05, 0) is 44.5 Å². The molecule has 0 aliphatic rings. The molecule has 88 valence electrons. The van der Waals surface area contributed by atoms with Crippen LogP contribution in [0.5, 0.6) is 0 Å². The third-order valence-electron chi connectivity index (χ3n) is 2.36. The van der Waals surface area contributed by atoms with Crippen molar-refractivity contribution in [3.8, 4) is 0 Å². The second-order valence-corrected chi connectivity index (χ2v) is 3.68. The summed E-state index contributed by atoms with van der Waals surface area (Å²) in [6, 6.07) is 3.83. The quantitative estimate of drug-likeness (QED) is 0.745. The molecular formula is C12H19N3O. The maximum Gasteiger partial charge on any atom is 0.236 e. The van der Waals surface area contributed by atoms with Gasteiger partial charge in [0.25, 0.3) is 0 Å². The molecule has 0 spiro atoms. The van der Waals surface area contributed by atoms with Crippen LogP contribution in [0, 0.1) is 0 Å². The highest BCUT2D eigenvalue weighted by Crippen LogP contribution is 1.96. The molecule has 0 saturated heterocycles. The number of rotatable bonds is 6. The van der Waals surface area contributed by atoms with Crippen LogP contribution >= 0.6 is 0 Å². The summed E-state index contributed by atoms with van der Waals surface area (Å²) in [4.78, 5) is 15.4. The molecule has 1 amide bonds. The highest BCUT2D eigenvalue weighted by atomic mass is 16.2. The van der Waals surface area contributed by atoms with E-state index in [9.17, 15) is 4.79 Å². The highest BCUT2D eigenvalue weighted by Gasteiger charge is 2.09. The zero-order valence-electron chi connectivity index (χ0n) is 9.86. The normalized spacial score (nSPS) is 12.1. The molecule has 0 aliphatic heterocycles. The Morgan fingerprint density at radius 1 is 1.44 bits per heavy atom. The number of pyridine rings is 1. The van der Waals surface area contributed by atoms with Gasteiger partial charge in [0.05, 0.1) is 6.04 Å². The topological polar surface area (TPSA) is 54.0 Å². The Kier molecular flexibility index (Phi) is 5.50. The number of carbonyl (C=O) groups excluding carboxylic acids is 1. The predicted molar refractivity (Wildman–Crippen MR) is 64.1 cm³/mol. The fourth-order valence-corrected chi connectivity index (χ4v) is 1.40. The Labute approximate surface area is 96.5 Å². The smallest absolute Gasteiger partial charge is 0.236 e. The van der Waals surface area contributed by atoms with Crippen molar-refractivity contribution < 1.29 is 4.79 Å².